The molecule has 6 heteroatoms. The van der Waals surface area contributed by atoms with E-state index in [4.69, 9.17) is 0 Å². The maximum Gasteiger partial charge on any atom is 0.306 e. The second-order valence-electron chi connectivity index (χ2n) is 13.7. The van der Waals surface area contributed by atoms with E-state index in [1.807, 2.05) is 20.8 Å². The van der Waals surface area contributed by atoms with Gasteiger partial charge >= 0.3 is 5.97 Å². The molecular formula is C30H44O6. The van der Waals surface area contributed by atoms with Crippen LogP contribution >= 0.6 is 0 Å². The van der Waals surface area contributed by atoms with Crippen molar-refractivity contribution in [1.82, 2.24) is 0 Å². The van der Waals surface area contributed by atoms with E-state index in [2.05, 4.69) is 20.8 Å². The van der Waals surface area contributed by atoms with Gasteiger partial charge in [0.2, 0.25) is 0 Å². The van der Waals surface area contributed by atoms with Gasteiger partial charge in [-0.1, -0.05) is 54.0 Å². The number of aliphatic hydroxyl groups is 1. The number of ketones is 3. The van der Waals surface area contributed by atoms with Crippen molar-refractivity contribution in [3.05, 3.63) is 11.1 Å². The van der Waals surface area contributed by atoms with Gasteiger partial charge < -0.3 is 10.2 Å². The molecule has 6 nitrogen and oxygen atoms in total. The molecule has 0 aromatic carbocycles. The van der Waals surface area contributed by atoms with Crippen LogP contribution in [0.2, 0.25) is 0 Å². The number of hydrogen-bond acceptors (Lipinski definition) is 5. The minimum Gasteiger partial charge on any atom is -0.481 e. The Morgan fingerprint density at radius 1 is 1.03 bits per heavy atom. The van der Waals surface area contributed by atoms with Crippen LogP contribution in [0.4, 0.5) is 0 Å². The molecule has 8 atom stereocenters. The Balaban J connectivity index is 1.70. The lowest BCUT2D eigenvalue weighted by Gasteiger charge is -2.60. The average molecular weight is 501 g/mol. The number of carboxylic acids is 1. The minimum absolute atomic E-state index is 0.00537. The molecule has 4 aliphatic rings. The lowest BCUT2D eigenvalue weighted by atomic mass is 9.43. The number of fused-ring (bicyclic) bond motifs is 4. The van der Waals surface area contributed by atoms with E-state index in [0.717, 1.165) is 24.0 Å². The highest BCUT2D eigenvalue weighted by Crippen LogP contribution is 2.71. The SMILES string of the molecule is CC(CC(=O)C[C@@H](C)[C@H]1CC(O)[C@@]2(C)C3=C(C(=O)C[C@]12C)[C@@]1(C)CCC(=O)C(C)(C)C1CC3)C(=O)O. The van der Waals surface area contributed by atoms with Crippen LogP contribution in [-0.4, -0.2) is 39.6 Å². The van der Waals surface area contributed by atoms with Gasteiger partial charge in [0, 0.05) is 47.5 Å². The Hall–Kier alpha value is -1.82. The highest BCUT2D eigenvalue weighted by molar-refractivity contribution is 6.00. The van der Waals surface area contributed by atoms with Crippen LogP contribution in [0.5, 0.6) is 0 Å². The second kappa shape index (κ2) is 8.61. The summed E-state index contributed by atoms with van der Waals surface area (Å²) in [5.41, 5.74) is 0.108. The fourth-order valence-electron chi connectivity index (χ4n) is 9.26. The zero-order chi connectivity index (χ0) is 27.0. The quantitative estimate of drug-likeness (QED) is 0.521. The standard InChI is InChI=1S/C30H44O6/c1-16(12-18(31)13-17(2)26(35)36)20-14-24(34)30(7)19-8-9-22-27(3,4)23(33)10-11-28(22,5)25(19)21(32)15-29(20,30)6/h16-17,20,22,24,34H,8-15H2,1-7H3,(H,35,36)/t16-,17?,20-,22?,24?,28+,29-,30-/m1/s1. The van der Waals surface area contributed by atoms with Gasteiger partial charge in [-0.2, -0.15) is 0 Å². The number of carbonyl (C=O) groups excluding carboxylic acids is 3. The van der Waals surface area contributed by atoms with Crippen LogP contribution in [0.3, 0.4) is 0 Å². The summed E-state index contributed by atoms with van der Waals surface area (Å²) < 4.78 is 0. The molecule has 2 saturated carbocycles. The van der Waals surface area contributed by atoms with E-state index in [-0.39, 0.29) is 53.4 Å². The van der Waals surface area contributed by atoms with Gasteiger partial charge in [-0.25, -0.2) is 0 Å². The van der Waals surface area contributed by atoms with E-state index in [9.17, 15) is 29.4 Å². The maximum absolute atomic E-state index is 14.0. The molecule has 0 aromatic heterocycles. The number of carboxylic acid groups (broad SMARTS) is 1. The molecule has 0 aliphatic heterocycles. The minimum atomic E-state index is -0.971. The van der Waals surface area contributed by atoms with Crippen molar-refractivity contribution >= 4 is 23.3 Å². The van der Waals surface area contributed by atoms with Crippen LogP contribution < -0.4 is 0 Å². The fourth-order valence-corrected chi connectivity index (χ4v) is 9.26. The lowest BCUT2D eigenvalue weighted by molar-refractivity contribution is -0.143. The Kier molecular flexibility index (Phi) is 6.51. The Morgan fingerprint density at radius 2 is 1.67 bits per heavy atom. The van der Waals surface area contributed by atoms with Crippen molar-refractivity contribution in [3.63, 3.8) is 0 Å². The molecule has 0 saturated heterocycles. The molecule has 0 radical (unpaired) electrons. The van der Waals surface area contributed by atoms with Gasteiger partial charge in [0.1, 0.15) is 11.6 Å². The zero-order valence-corrected chi connectivity index (χ0v) is 23.1. The molecule has 0 spiro atoms. The van der Waals surface area contributed by atoms with E-state index in [1.165, 1.54) is 0 Å². The van der Waals surface area contributed by atoms with E-state index in [0.29, 0.717) is 25.7 Å². The highest BCUT2D eigenvalue weighted by atomic mass is 16.4. The molecule has 0 amide bonds. The van der Waals surface area contributed by atoms with Gasteiger partial charge in [0.25, 0.3) is 0 Å². The van der Waals surface area contributed by atoms with Crippen molar-refractivity contribution in [3.8, 4) is 0 Å². The molecule has 3 unspecified atom stereocenters. The van der Waals surface area contributed by atoms with E-state index < -0.39 is 34.2 Å². The number of allylic oxidation sites excluding steroid dienone is 1. The first kappa shape index (κ1) is 27.2. The maximum atomic E-state index is 14.0. The van der Waals surface area contributed by atoms with Crippen molar-refractivity contribution in [2.75, 3.05) is 0 Å². The monoisotopic (exact) mass is 500 g/mol. The normalized spacial score (nSPS) is 41.3. The van der Waals surface area contributed by atoms with Crippen molar-refractivity contribution in [2.45, 2.75) is 106 Å². The Bertz CT molecular complexity index is 1040. The molecule has 0 bridgehead atoms. The third-order valence-electron chi connectivity index (χ3n) is 11.6. The van der Waals surface area contributed by atoms with Crippen LogP contribution in [0.1, 0.15) is 99.8 Å². The summed E-state index contributed by atoms with van der Waals surface area (Å²) in [4.78, 5) is 50.8. The number of carbonyl (C=O) groups is 4. The smallest absolute Gasteiger partial charge is 0.306 e. The molecular weight excluding hydrogens is 456 g/mol. The van der Waals surface area contributed by atoms with Gasteiger partial charge in [-0.3, -0.25) is 19.2 Å². The topological polar surface area (TPSA) is 109 Å². The van der Waals surface area contributed by atoms with Crippen LogP contribution in [0, 0.1) is 45.3 Å². The van der Waals surface area contributed by atoms with E-state index in [1.54, 1.807) is 6.92 Å². The molecule has 200 valence electrons. The molecule has 2 fully saturated rings. The predicted octanol–water partition coefficient (Wildman–Crippen LogP) is 5.16. The molecule has 36 heavy (non-hydrogen) atoms. The molecule has 4 aliphatic carbocycles. The van der Waals surface area contributed by atoms with Crippen molar-refractivity contribution in [2.24, 2.45) is 45.3 Å². The van der Waals surface area contributed by atoms with Gasteiger partial charge in [0.15, 0.2) is 5.78 Å². The third-order valence-corrected chi connectivity index (χ3v) is 11.6. The number of Topliss-reactive ketones (excluding diaryl/α,β-unsaturated/α-hetero) is 3. The number of aliphatic hydroxyl groups excluding tert-OH is 1. The summed E-state index contributed by atoms with van der Waals surface area (Å²) >= 11 is 0. The summed E-state index contributed by atoms with van der Waals surface area (Å²) in [5.74, 6) is -1.29. The number of rotatable bonds is 6. The summed E-state index contributed by atoms with van der Waals surface area (Å²) in [6.45, 7) is 14.1. The molecule has 4 rings (SSSR count). The lowest BCUT2D eigenvalue weighted by Crippen LogP contribution is -2.57. The largest absolute Gasteiger partial charge is 0.481 e. The van der Waals surface area contributed by atoms with Crippen molar-refractivity contribution < 1.29 is 29.4 Å². The van der Waals surface area contributed by atoms with Gasteiger partial charge in [0.05, 0.1) is 12.0 Å². The van der Waals surface area contributed by atoms with Gasteiger partial charge in [-0.05, 0) is 48.9 Å². The fraction of sp³-hybridized carbons (Fsp3) is 0.800. The zero-order valence-electron chi connectivity index (χ0n) is 23.1. The number of hydrogen-bond donors (Lipinski definition) is 2. The van der Waals surface area contributed by atoms with Crippen LogP contribution in [0.25, 0.3) is 0 Å². The first-order chi connectivity index (χ1) is 16.5. The average Bonchev–Trinajstić information content (AvgIpc) is 2.97. The summed E-state index contributed by atoms with van der Waals surface area (Å²) in [6, 6.07) is 0. The Morgan fingerprint density at radius 3 is 2.28 bits per heavy atom. The first-order valence-electron chi connectivity index (χ1n) is 13.7. The van der Waals surface area contributed by atoms with Crippen LogP contribution in [0.15, 0.2) is 11.1 Å². The second-order valence-corrected chi connectivity index (χ2v) is 13.7. The first-order valence-corrected chi connectivity index (χ1v) is 13.7. The summed E-state index contributed by atoms with van der Waals surface area (Å²) in [6.07, 6.45) is 3.25. The third kappa shape index (κ3) is 3.60. The number of aliphatic carboxylic acids is 1. The molecule has 0 aromatic rings. The Labute approximate surface area is 215 Å². The molecule has 0 heterocycles. The highest BCUT2D eigenvalue weighted by Gasteiger charge is 2.68. The van der Waals surface area contributed by atoms with Crippen molar-refractivity contribution in [1.29, 1.82) is 0 Å². The predicted molar refractivity (Wildman–Crippen MR) is 136 cm³/mol. The van der Waals surface area contributed by atoms with Gasteiger partial charge in [-0.15, -0.1) is 0 Å². The summed E-state index contributed by atoms with van der Waals surface area (Å²) in [5, 5.41) is 20.8. The summed E-state index contributed by atoms with van der Waals surface area (Å²) in [7, 11) is 0. The van der Waals surface area contributed by atoms with E-state index >= 15 is 0 Å². The molecule has 2 N–H and O–H groups in total. The van der Waals surface area contributed by atoms with Crippen LogP contribution in [-0.2, 0) is 19.2 Å².